The van der Waals surface area contributed by atoms with Gasteiger partial charge >= 0.3 is 0 Å². The van der Waals surface area contributed by atoms with E-state index in [2.05, 4.69) is 20.7 Å². The van der Waals surface area contributed by atoms with Gasteiger partial charge in [-0.3, -0.25) is 0 Å². The molecule has 3 aromatic rings. The standard InChI is InChI=1S/C13H12N4O/c18-12-7-2-1-4-9(12)8-14-10-5-3-6-11-13(10)16-17-15-11/h1-7,14,18H,8H2,(H,15,16,17). The van der Waals surface area contributed by atoms with Crippen LogP contribution in [0.25, 0.3) is 11.0 Å². The van der Waals surface area contributed by atoms with Crippen LogP contribution in [-0.2, 0) is 6.54 Å². The SMILES string of the molecule is Oc1ccccc1CNc1cccc2n[nH]nc12. The van der Waals surface area contributed by atoms with Crippen molar-refractivity contribution in [2.75, 3.05) is 5.32 Å². The average molecular weight is 240 g/mol. The molecule has 0 unspecified atom stereocenters. The second-order valence-corrected chi connectivity index (χ2v) is 3.98. The van der Waals surface area contributed by atoms with Crippen LogP contribution in [0.1, 0.15) is 5.56 Å². The predicted octanol–water partition coefficient (Wildman–Crippen LogP) is 2.28. The zero-order valence-corrected chi connectivity index (χ0v) is 9.59. The molecule has 0 radical (unpaired) electrons. The van der Waals surface area contributed by atoms with Crippen LogP contribution in [-0.4, -0.2) is 20.5 Å². The number of aromatic amines is 1. The molecule has 0 saturated carbocycles. The molecular weight excluding hydrogens is 228 g/mol. The minimum Gasteiger partial charge on any atom is -0.508 e. The molecule has 3 N–H and O–H groups in total. The minimum atomic E-state index is 0.289. The number of aromatic nitrogens is 3. The number of anilines is 1. The summed E-state index contributed by atoms with van der Waals surface area (Å²) < 4.78 is 0. The molecule has 0 aliphatic heterocycles. The summed E-state index contributed by atoms with van der Waals surface area (Å²) in [7, 11) is 0. The lowest BCUT2D eigenvalue weighted by Crippen LogP contribution is -2.00. The molecule has 0 fully saturated rings. The number of fused-ring (bicyclic) bond motifs is 1. The third-order valence-electron chi connectivity index (χ3n) is 2.81. The number of hydrogen-bond donors (Lipinski definition) is 3. The molecule has 0 atom stereocenters. The van der Waals surface area contributed by atoms with Crippen molar-refractivity contribution in [2.24, 2.45) is 0 Å². The van der Waals surface area contributed by atoms with Gasteiger partial charge in [-0.1, -0.05) is 24.3 Å². The van der Waals surface area contributed by atoms with E-state index in [1.54, 1.807) is 12.1 Å². The summed E-state index contributed by atoms with van der Waals surface area (Å²) in [6.07, 6.45) is 0. The molecule has 2 aromatic carbocycles. The lowest BCUT2D eigenvalue weighted by molar-refractivity contribution is 0.469. The quantitative estimate of drug-likeness (QED) is 0.656. The van der Waals surface area contributed by atoms with E-state index < -0.39 is 0 Å². The van der Waals surface area contributed by atoms with Crippen LogP contribution in [0.5, 0.6) is 5.75 Å². The monoisotopic (exact) mass is 240 g/mol. The van der Waals surface area contributed by atoms with Crippen molar-refractivity contribution in [3.8, 4) is 5.75 Å². The number of phenols is 1. The number of hydrogen-bond acceptors (Lipinski definition) is 4. The number of H-pyrrole nitrogens is 1. The lowest BCUT2D eigenvalue weighted by atomic mass is 10.2. The number of nitrogens with one attached hydrogen (secondary N) is 2. The number of para-hydroxylation sites is 2. The largest absolute Gasteiger partial charge is 0.508 e. The van der Waals surface area contributed by atoms with E-state index in [0.717, 1.165) is 22.3 Å². The van der Waals surface area contributed by atoms with Crippen molar-refractivity contribution in [1.29, 1.82) is 0 Å². The van der Waals surface area contributed by atoms with Gasteiger partial charge in [0, 0.05) is 12.1 Å². The van der Waals surface area contributed by atoms with Gasteiger partial charge in [0.25, 0.3) is 0 Å². The fourth-order valence-corrected chi connectivity index (χ4v) is 1.86. The second-order valence-electron chi connectivity index (χ2n) is 3.98. The molecule has 5 nitrogen and oxygen atoms in total. The molecular formula is C13H12N4O. The second kappa shape index (κ2) is 4.37. The van der Waals surface area contributed by atoms with Crippen molar-refractivity contribution in [2.45, 2.75) is 6.54 Å². The highest BCUT2D eigenvalue weighted by molar-refractivity contribution is 5.87. The molecule has 3 rings (SSSR count). The maximum absolute atomic E-state index is 9.69. The Morgan fingerprint density at radius 1 is 1.06 bits per heavy atom. The maximum atomic E-state index is 9.69. The third kappa shape index (κ3) is 1.86. The van der Waals surface area contributed by atoms with Gasteiger partial charge in [-0.2, -0.15) is 15.4 Å². The fourth-order valence-electron chi connectivity index (χ4n) is 1.86. The Hall–Kier alpha value is -2.56. The van der Waals surface area contributed by atoms with Crippen molar-refractivity contribution in [3.05, 3.63) is 48.0 Å². The van der Waals surface area contributed by atoms with E-state index in [0.29, 0.717) is 6.54 Å². The molecule has 0 spiro atoms. The van der Waals surface area contributed by atoms with E-state index in [1.165, 1.54) is 0 Å². The number of aromatic hydroxyl groups is 1. The van der Waals surface area contributed by atoms with Gasteiger partial charge in [0.05, 0.1) is 5.69 Å². The highest BCUT2D eigenvalue weighted by Crippen LogP contribution is 2.21. The van der Waals surface area contributed by atoms with Gasteiger partial charge in [0.2, 0.25) is 0 Å². The Morgan fingerprint density at radius 3 is 2.83 bits per heavy atom. The van der Waals surface area contributed by atoms with Gasteiger partial charge in [-0.05, 0) is 18.2 Å². The van der Waals surface area contributed by atoms with Gasteiger partial charge in [0.1, 0.15) is 16.8 Å². The molecule has 90 valence electrons. The van der Waals surface area contributed by atoms with Crippen molar-refractivity contribution in [1.82, 2.24) is 15.4 Å². The number of phenolic OH excluding ortho intramolecular Hbond substituents is 1. The Bertz CT molecular complexity index is 677. The highest BCUT2D eigenvalue weighted by atomic mass is 16.3. The molecule has 0 aliphatic carbocycles. The smallest absolute Gasteiger partial charge is 0.136 e. The Kier molecular flexibility index (Phi) is 2.57. The van der Waals surface area contributed by atoms with Crippen molar-refractivity contribution < 1.29 is 5.11 Å². The van der Waals surface area contributed by atoms with Crippen LogP contribution in [0.15, 0.2) is 42.5 Å². The Labute approximate surface area is 103 Å². The van der Waals surface area contributed by atoms with Gasteiger partial charge in [-0.25, -0.2) is 0 Å². The highest BCUT2D eigenvalue weighted by Gasteiger charge is 2.05. The first-order chi connectivity index (χ1) is 8.84. The van der Waals surface area contributed by atoms with Gasteiger partial charge in [0.15, 0.2) is 0 Å². The van der Waals surface area contributed by atoms with Crippen LogP contribution >= 0.6 is 0 Å². The Morgan fingerprint density at radius 2 is 1.94 bits per heavy atom. The van der Waals surface area contributed by atoms with Crippen LogP contribution in [0, 0.1) is 0 Å². The van der Waals surface area contributed by atoms with E-state index >= 15 is 0 Å². The minimum absolute atomic E-state index is 0.289. The first-order valence-electron chi connectivity index (χ1n) is 5.65. The topological polar surface area (TPSA) is 73.8 Å². The molecule has 1 aromatic heterocycles. The van der Waals surface area contributed by atoms with Crippen LogP contribution in [0.3, 0.4) is 0 Å². The summed E-state index contributed by atoms with van der Waals surface area (Å²) in [6.45, 7) is 0.540. The summed E-state index contributed by atoms with van der Waals surface area (Å²) in [6, 6.07) is 13.0. The summed E-state index contributed by atoms with van der Waals surface area (Å²) in [5.41, 5.74) is 3.35. The average Bonchev–Trinajstić information content (AvgIpc) is 2.86. The first kappa shape index (κ1) is 10.6. The van der Waals surface area contributed by atoms with E-state index in [1.807, 2.05) is 30.3 Å². The Balaban J connectivity index is 1.85. The molecule has 0 saturated heterocycles. The van der Waals surface area contributed by atoms with Crippen LogP contribution in [0.4, 0.5) is 5.69 Å². The van der Waals surface area contributed by atoms with Crippen molar-refractivity contribution >= 4 is 16.7 Å². The molecule has 1 heterocycles. The molecule has 18 heavy (non-hydrogen) atoms. The fraction of sp³-hybridized carbons (Fsp3) is 0.0769. The molecule has 5 heteroatoms. The van der Waals surface area contributed by atoms with E-state index in [9.17, 15) is 5.11 Å². The van der Waals surface area contributed by atoms with Crippen LogP contribution in [0.2, 0.25) is 0 Å². The van der Waals surface area contributed by atoms with Gasteiger partial charge in [-0.15, -0.1) is 0 Å². The normalized spacial score (nSPS) is 10.7. The molecule has 0 aliphatic rings. The summed E-state index contributed by atoms with van der Waals surface area (Å²) in [5, 5.41) is 23.7. The lowest BCUT2D eigenvalue weighted by Gasteiger charge is -2.08. The third-order valence-corrected chi connectivity index (χ3v) is 2.81. The summed E-state index contributed by atoms with van der Waals surface area (Å²) in [5.74, 6) is 0.289. The molecule has 0 amide bonds. The maximum Gasteiger partial charge on any atom is 0.136 e. The number of rotatable bonds is 3. The first-order valence-corrected chi connectivity index (χ1v) is 5.65. The van der Waals surface area contributed by atoms with Gasteiger partial charge < -0.3 is 10.4 Å². The zero-order valence-electron chi connectivity index (χ0n) is 9.59. The predicted molar refractivity (Wildman–Crippen MR) is 69.3 cm³/mol. The number of benzene rings is 2. The van der Waals surface area contributed by atoms with Crippen molar-refractivity contribution in [3.63, 3.8) is 0 Å². The number of nitrogens with zero attached hydrogens (tertiary/aromatic N) is 2. The van der Waals surface area contributed by atoms with Crippen LogP contribution < -0.4 is 5.32 Å². The van der Waals surface area contributed by atoms with E-state index in [-0.39, 0.29) is 5.75 Å². The molecule has 0 bridgehead atoms. The summed E-state index contributed by atoms with van der Waals surface area (Å²) >= 11 is 0. The zero-order chi connectivity index (χ0) is 12.4. The summed E-state index contributed by atoms with van der Waals surface area (Å²) in [4.78, 5) is 0. The van der Waals surface area contributed by atoms with E-state index in [4.69, 9.17) is 0 Å².